The van der Waals surface area contributed by atoms with E-state index in [-0.39, 0.29) is 11.5 Å². The monoisotopic (exact) mass is 345 g/mol. The van der Waals surface area contributed by atoms with Gasteiger partial charge < -0.3 is 10.1 Å². The Morgan fingerprint density at radius 1 is 1.12 bits per heavy atom. The van der Waals surface area contributed by atoms with Gasteiger partial charge in [-0.3, -0.25) is 9.59 Å². The molecule has 2 aromatic carbocycles. The maximum atomic E-state index is 13.6. The van der Waals surface area contributed by atoms with Crippen molar-refractivity contribution in [3.8, 4) is 0 Å². The molecule has 4 nitrogen and oxygen atoms in total. The van der Waals surface area contributed by atoms with Crippen molar-refractivity contribution in [1.82, 2.24) is 0 Å². The van der Waals surface area contributed by atoms with E-state index in [0.29, 0.717) is 18.4 Å². The third-order valence-corrected chi connectivity index (χ3v) is 4.29. The van der Waals surface area contributed by atoms with E-state index in [9.17, 15) is 18.4 Å². The van der Waals surface area contributed by atoms with Gasteiger partial charge in [-0.25, -0.2) is 8.78 Å². The Balaban J connectivity index is 1.73. The first kappa shape index (κ1) is 17.1. The van der Waals surface area contributed by atoms with Crippen molar-refractivity contribution in [2.75, 3.05) is 11.9 Å². The van der Waals surface area contributed by atoms with Crippen molar-refractivity contribution in [3.63, 3.8) is 0 Å². The van der Waals surface area contributed by atoms with E-state index >= 15 is 0 Å². The molecule has 130 valence electrons. The molecule has 1 N–H and O–H groups in total. The lowest BCUT2D eigenvalue weighted by atomic mass is 9.96. The maximum absolute atomic E-state index is 13.6. The molecule has 0 aromatic heterocycles. The van der Waals surface area contributed by atoms with Gasteiger partial charge in [0.05, 0.1) is 17.6 Å². The van der Waals surface area contributed by atoms with Crippen LogP contribution in [-0.2, 0) is 14.9 Å². The molecule has 6 heteroatoms. The summed E-state index contributed by atoms with van der Waals surface area (Å²) in [6.45, 7) is 2.10. The second kappa shape index (κ2) is 6.63. The van der Waals surface area contributed by atoms with E-state index in [1.807, 2.05) is 0 Å². The van der Waals surface area contributed by atoms with Gasteiger partial charge in [0.2, 0.25) is 0 Å². The van der Waals surface area contributed by atoms with Crippen LogP contribution in [0.5, 0.6) is 0 Å². The zero-order valence-electron chi connectivity index (χ0n) is 13.6. The number of hydrogen-bond donors (Lipinski definition) is 1. The van der Waals surface area contributed by atoms with Crippen molar-refractivity contribution in [3.05, 3.63) is 65.2 Å². The van der Waals surface area contributed by atoms with E-state index in [4.69, 9.17) is 4.74 Å². The summed E-state index contributed by atoms with van der Waals surface area (Å²) in [5, 5.41) is 2.55. The van der Waals surface area contributed by atoms with E-state index in [0.717, 1.165) is 30.5 Å². The van der Waals surface area contributed by atoms with Crippen LogP contribution in [0.1, 0.15) is 35.7 Å². The van der Waals surface area contributed by atoms with Gasteiger partial charge in [-0.1, -0.05) is 12.1 Å². The number of carbonyl (C=O) groups excluding carboxylic acids is 2. The lowest BCUT2D eigenvalue weighted by Gasteiger charge is -2.15. The molecule has 0 unspecified atom stereocenters. The molecule has 0 spiro atoms. The molecule has 0 heterocycles. The summed E-state index contributed by atoms with van der Waals surface area (Å²) in [5.74, 6) is -2.57. The lowest BCUT2D eigenvalue weighted by molar-refractivity contribution is -0.146. The lowest BCUT2D eigenvalue weighted by Crippen LogP contribution is -2.23. The summed E-state index contributed by atoms with van der Waals surface area (Å²) in [7, 11) is 0. The topological polar surface area (TPSA) is 55.4 Å². The second-order valence-electron chi connectivity index (χ2n) is 5.96. The summed E-state index contributed by atoms with van der Waals surface area (Å²) < 4.78 is 31.7. The van der Waals surface area contributed by atoms with Crippen LogP contribution < -0.4 is 5.32 Å². The molecule has 3 rings (SSSR count). The first-order chi connectivity index (χ1) is 12.0. The highest BCUT2D eigenvalue weighted by Crippen LogP contribution is 2.49. The highest BCUT2D eigenvalue weighted by atomic mass is 19.1. The SMILES string of the molecule is CCOC(=O)C1(c2ccc(NC(=O)c3ccc(F)cc3F)cc2)CC1. The molecule has 1 amide bonds. The largest absolute Gasteiger partial charge is 0.465 e. The number of anilines is 1. The Morgan fingerprint density at radius 2 is 1.80 bits per heavy atom. The molecule has 0 bridgehead atoms. The first-order valence-electron chi connectivity index (χ1n) is 8.00. The number of esters is 1. The molecule has 1 aliphatic carbocycles. The van der Waals surface area contributed by atoms with Crippen LogP contribution in [0.3, 0.4) is 0 Å². The number of halogens is 2. The molecule has 0 aliphatic heterocycles. The Morgan fingerprint density at radius 3 is 2.36 bits per heavy atom. The minimum atomic E-state index is -0.923. The fourth-order valence-corrected chi connectivity index (χ4v) is 2.75. The van der Waals surface area contributed by atoms with Gasteiger partial charge in [0.25, 0.3) is 5.91 Å². The zero-order chi connectivity index (χ0) is 18.0. The van der Waals surface area contributed by atoms with Gasteiger partial charge in [0, 0.05) is 11.8 Å². The van der Waals surface area contributed by atoms with Crippen LogP contribution >= 0.6 is 0 Å². The van der Waals surface area contributed by atoms with E-state index in [1.54, 1.807) is 31.2 Å². The summed E-state index contributed by atoms with van der Waals surface area (Å²) in [5.41, 5.74) is 0.464. The Hall–Kier alpha value is -2.76. The number of nitrogens with one attached hydrogen (secondary N) is 1. The van der Waals surface area contributed by atoms with Crippen LogP contribution in [0.4, 0.5) is 14.5 Å². The summed E-state index contributed by atoms with van der Waals surface area (Å²) in [6.07, 6.45) is 1.47. The Bertz CT molecular complexity index is 814. The smallest absolute Gasteiger partial charge is 0.316 e. The highest BCUT2D eigenvalue weighted by Gasteiger charge is 2.52. The van der Waals surface area contributed by atoms with Crippen LogP contribution in [0.25, 0.3) is 0 Å². The average molecular weight is 345 g/mol. The molecule has 2 aromatic rings. The molecule has 0 radical (unpaired) electrons. The van der Waals surface area contributed by atoms with Crippen LogP contribution in [0, 0.1) is 11.6 Å². The normalized spacial score (nSPS) is 14.7. The molecule has 1 aliphatic rings. The quantitative estimate of drug-likeness (QED) is 0.839. The fourth-order valence-electron chi connectivity index (χ4n) is 2.75. The standard InChI is InChI=1S/C19H17F2NO3/c1-2-25-18(24)19(9-10-19)12-3-6-14(7-4-12)22-17(23)15-8-5-13(20)11-16(15)21/h3-8,11H,2,9-10H2,1H3,(H,22,23). The molecule has 1 fully saturated rings. The predicted octanol–water partition coefficient (Wildman–Crippen LogP) is 3.81. The van der Waals surface area contributed by atoms with Crippen molar-refractivity contribution >= 4 is 17.6 Å². The Labute approximate surface area is 143 Å². The van der Waals surface area contributed by atoms with E-state index in [2.05, 4.69) is 5.32 Å². The fraction of sp³-hybridized carbons (Fsp3) is 0.263. The van der Waals surface area contributed by atoms with Gasteiger partial charge in [-0.2, -0.15) is 0 Å². The molecule has 25 heavy (non-hydrogen) atoms. The van der Waals surface area contributed by atoms with Crippen molar-refractivity contribution in [2.24, 2.45) is 0 Å². The van der Waals surface area contributed by atoms with E-state index < -0.39 is 23.0 Å². The number of amides is 1. The van der Waals surface area contributed by atoms with Crippen molar-refractivity contribution in [2.45, 2.75) is 25.2 Å². The van der Waals surface area contributed by atoms with Crippen LogP contribution in [0.2, 0.25) is 0 Å². The van der Waals surface area contributed by atoms with Crippen LogP contribution in [-0.4, -0.2) is 18.5 Å². The van der Waals surface area contributed by atoms with Gasteiger partial charge in [-0.05, 0) is 49.6 Å². The first-order valence-corrected chi connectivity index (χ1v) is 8.00. The molecular formula is C19H17F2NO3. The second-order valence-corrected chi connectivity index (χ2v) is 5.96. The Kier molecular flexibility index (Phi) is 4.53. The number of benzene rings is 2. The number of ether oxygens (including phenoxy) is 1. The van der Waals surface area contributed by atoms with Gasteiger partial charge >= 0.3 is 5.97 Å². The highest BCUT2D eigenvalue weighted by molar-refractivity contribution is 6.04. The van der Waals surface area contributed by atoms with Crippen LogP contribution in [0.15, 0.2) is 42.5 Å². The van der Waals surface area contributed by atoms with E-state index in [1.165, 1.54) is 0 Å². The van der Waals surface area contributed by atoms with Gasteiger partial charge in [0.15, 0.2) is 0 Å². The number of hydrogen-bond acceptors (Lipinski definition) is 3. The third kappa shape index (κ3) is 3.38. The number of carbonyl (C=O) groups is 2. The third-order valence-electron chi connectivity index (χ3n) is 4.29. The summed E-state index contributed by atoms with van der Waals surface area (Å²) >= 11 is 0. The molecular weight excluding hydrogens is 328 g/mol. The van der Waals surface area contributed by atoms with Gasteiger partial charge in [0.1, 0.15) is 11.6 Å². The maximum Gasteiger partial charge on any atom is 0.316 e. The van der Waals surface area contributed by atoms with Crippen molar-refractivity contribution in [1.29, 1.82) is 0 Å². The molecule has 1 saturated carbocycles. The predicted molar refractivity (Wildman–Crippen MR) is 88.3 cm³/mol. The zero-order valence-corrected chi connectivity index (χ0v) is 13.6. The number of rotatable bonds is 5. The molecule has 0 atom stereocenters. The minimum Gasteiger partial charge on any atom is -0.465 e. The van der Waals surface area contributed by atoms with Crippen molar-refractivity contribution < 1.29 is 23.1 Å². The summed E-state index contributed by atoms with van der Waals surface area (Å²) in [4.78, 5) is 24.2. The average Bonchev–Trinajstić information content (AvgIpc) is 3.37. The molecule has 0 saturated heterocycles. The minimum absolute atomic E-state index is 0.236. The summed E-state index contributed by atoms with van der Waals surface area (Å²) in [6, 6.07) is 9.57. The van der Waals surface area contributed by atoms with Gasteiger partial charge in [-0.15, -0.1) is 0 Å².